The lowest BCUT2D eigenvalue weighted by molar-refractivity contribution is -0.857. The second kappa shape index (κ2) is 7.43. The van der Waals surface area contributed by atoms with Gasteiger partial charge in [-0.1, -0.05) is 28.1 Å². The Morgan fingerprint density at radius 2 is 1.72 bits per heavy atom. The Morgan fingerprint density at radius 3 is 2.38 bits per heavy atom. The van der Waals surface area contributed by atoms with E-state index < -0.39 is 6.04 Å². The number of nitrogens with zero attached hydrogens (tertiary/aromatic N) is 1. The number of carbonyl (C=O) groups is 1. The molecule has 150 valence electrons. The van der Waals surface area contributed by atoms with E-state index in [1.165, 1.54) is 4.90 Å². The highest BCUT2D eigenvalue weighted by Gasteiger charge is 2.42. The van der Waals surface area contributed by atoms with Crippen LogP contribution < -0.4 is 10.3 Å². The molecule has 1 aliphatic heterocycles. The Kier molecular flexibility index (Phi) is 5.09. The average molecular weight is 456 g/mol. The molecule has 3 aromatic rings. The zero-order valence-corrected chi connectivity index (χ0v) is 18.6. The van der Waals surface area contributed by atoms with E-state index in [1.54, 1.807) is 4.90 Å². The molecule has 0 saturated carbocycles. The molecule has 0 radical (unpaired) electrons. The standard InChI is InChI=1S/C23H23BrN2O3/c1-13-11-17-18(12-14(13)2)29-22-19(21(17)27)20(15-5-7-16(24)8-6-15)26(23(22)28)10-9-25(3)4/h5-8,11-12,20H,9-10H2,1-4H3/p+1/t20-/m0/s1. The summed E-state index contributed by atoms with van der Waals surface area (Å²) in [4.78, 5) is 29.8. The summed E-state index contributed by atoms with van der Waals surface area (Å²) in [5.74, 6) is -0.0428. The molecule has 0 fully saturated rings. The number of benzene rings is 2. The summed E-state index contributed by atoms with van der Waals surface area (Å²) in [5, 5.41) is 0.529. The SMILES string of the molecule is Cc1cc2oc3c(c(=O)c2cc1C)[C@H](c1ccc(Br)cc1)N(CC[NH+](C)C)C3=O. The molecule has 2 aromatic carbocycles. The Bertz CT molecular complexity index is 1170. The van der Waals surface area contributed by atoms with Gasteiger partial charge in [-0.15, -0.1) is 0 Å². The smallest absolute Gasteiger partial charge is 0.291 e. The van der Waals surface area contributed by atoms with E-state index in [-0.39, 0.29) is 17.1 Å². The molecule has 5 nitrogen and oxygen atoms in total. The third-order valence-electron chi connectivity index (χ3n) is 5.62. The van der Waals surface area contributed by atoms with Gasteiger partial charge in [0.1, 0.15) is 5.58 Å². The van der Waals surface area contributed by atoms with Crippen LogP contribution in [-0.4, -0.2) is 38.0 Å². The molecule has 6 heteroatoms. The summed E-state index contributed by atoms with van der Waals surface area (Å²) in [7, 11) is 4.09. The van der Waals surface area contributed by atoms with E-state index >= 15 is 0 Å². The van der Waals surface area contributed by atoms with Crippen LogP contribution in [0.5, 0.6) is 0 Å². The van der Waals surface area contributed by atoms with Crippen molar-refractivity contribution in [3.05, 3.63) is 79.1 Å². The number of likely N-dealkylation sites (N-methyl/N-ethyl adjacent to an activating group) is 1. The van der Waals surface area contributed by atoms with Crippen LogP contribution in [-0.2, 0) is 0 Å². The first-order valence-electron chi connectivity index (χ1n) is 9.71. The molecule has 0 unspecified atom stereocenters. The fourth-order valence-corrected chi connectivity index (χ4v) is 4.11. The lowest BCUT2D eigenvalue weighted by atomic mass is 9.97. The topological polar surface area (TPSA) is 55.0 Å². The molecular formula is C23H24BrN2O3+. The molecule has 4 rings (SSSR count). The normalized spacial score (nSPS) is 16.1. The fourth-order valence-electron chi connectivity index (χ4n) is 3.84. The quantitative estimate of drug-likeness (QED) is 0.657. The van der Waals surface area contributed by atoms with Crippen molar-refractivity contribution >= 4 is 32.8 Å². The maximum absolute atomic E-state index is 13.5. The lowest BCUT2D eigenvalue weighted by Gasteiger charge is -2.25. The zero-order chi connectivity index (χ0) is 20.9. The van der Waals surface area contributed by atoms with Crippen molar-refractivity contribution in [1.82, 2.24) is 4.90 Å². The van der Waals surface area contributed by atoms with Gasteiger partial charge < -0.3 is 14.2 Å². The van der Waals surface area contributed by atoms with Gasteiger partial charge in [0.15, 0.2) is 5.43 Å². The van der Waals surface area contributed by atoms with E-state index in [0.717, 1.165) is 27.7 Å². The Balaban J connectivity index is 1.96. The van der Waals surface area contributed by atoms with Gasteiger partial charge in [0.05, 0.1) is 44.2 Å². The monoisotopic (exact) mass is 455 g/mol. The number of quaternary nitrogens is 1. The number of amides is 1. The maximum Gasteiger partial charge on any atom is 0.291 e. The van der Waals surface area contributed by atoms with Gasteiger partial charge in [0.2, 0.25) is 5.76 Å². The van der Waals surface area contributed by atoms with Gasteiger partial charge in [0.25, 0.3) is 5.91 Å². The van der Waals surface area contributed by atoms with Crippen LogP contribution in [0.25, 0.3) is 11.0 Å². The third kappa shape index (κ3) is 3.40. The predicted molar refractivity (Wildman–Crippen MR) is 117 cm³/mol. The van der Waals surface area contributed by atoms with Crippen molar-refractivity contribution in [3.8, 4) is 0 Å². The van der Waals surface area contributed by atoms with Crippen LogP contribution in [0, 0.1) is 13.8 Å². The molecule has 1 N–H and O–H groups in total. The Hall–Kier alpha value is -2.44. The van der Waals surface area contributed by atoms with Crippen molar-refractivity contribution in [3.63, 3.8) is 0 Å². The number of aryl methyl sites for hydroxylation is 2. The number of halogens is 1. The van der Waals surface area contributed by atoms with Crippen molar-refractivity contribution in [2.45, 2.75) is 19.9 Å². The largest absolute Gasteiger partial charge is 0.450 e. The number of nitrogens with one attached hydrogen (secondary N) is 1. The first-order valence-corrected chi connectivity index (χ1v) is 10.5. The number of hydrogen-bond donors (Lipinski definition) is 1. The van der Waals surface area contributed by atoms with Gasteiger partial charge in [-0.2, -0.15) is 0 Å². The summed E-state index contributed by atoms with van der Waals surface area (Å²) in [6.45, 7) is 5.27. The highest BCUT2D eigenvalue weighted by Crippen LogP contribution is 2.38. The highest BCUT2D eigenvalue weighted by atomic mass is 79.9. The van der Waals surface area contributed by atoms with E-state index in [1.807, 2.05) is 64.3 Å². The molecule has 0 saturated heterocycles. The second-order valence-corrected chi connectivity index (χ2v) is 8.93. The van der Waals surface area contributed by atoms with Crippen LogP contribution in [0.1, 0.15) is 38.9 Å². The van der Waals surface area contributed by atoms with Crippen LogP contribution >= 0.6 is 15.9 Å². The van der Waals surface area contributed by atoms with Gasteiger partial charge in [-0.05, 0) is 54.8 Å². The Morgan fingerprint density at radius 1 is 1.07 bits per heavy atom. The first-order chi connectivity index (χ1) is 13.8. The molecule has 1 aromatic heterocycles. The summed E-state index contributed by atoms with van der Waals surface area (Å²) in [6.07, 6.45) is 0. The van der Waals surface area contributed by atoms with E-state index in [9.17, 15) is 9.59 Å². The summed E-state index contributed by atoms with van der Waals surface area (Å²) in [5.41, 5.74) is 3.77. The van der Waals surface area contributed by atoms with E-state index in [0.29, 0.717) is 23.1 Å². The van der Waals surface area contributed by atoms with Gasteiger partial charge in [-0.3, -0.25) is 9.59 Å². The second-order valence-electron chi connectivity index (χ2n) is 8.02. The molecule has 1 amide bonds. The van der Waals surface area contributed by atoms with Gasteiger partial charge in [0, 0.05) is 4.47 Å². The lowest BCUT2D eigenvalue weighted by Crippen LogP contribution is -3.06. The van der Waals surface area contributed by atoms with Crippen molar-refractivity contribution in [2.75, 3.05) is 27.2 Å². The van der Waals surface area contributed by atoms with Crippen LogP contribution in [0.15, 0.2) is 50.1 Å². The van der Waals surface area contributed by atoms with E-state index in [2.05, 4.69) is 15.9 Å². The van der Waals surface area contributed by atoms with Crippen LogP contribution in [0.2, 0.25) is 0 Å². The molecule has 1 atom stereocenters. The van der Waals surface area contributed by atoms with E-state index in [4.69, 9.17) is 4.42 Å². The fraction of sp³-hybridized carbons (Fsp3) is 0.304. The van der Waals surface area contributed by atoms with Gasteiger partial charge >= 0.3 is 0 Å². The van der Waals surface area contributed by atoms with Crippen LogP contribution in [0.4, 0.5) is 0 Å². The molecule has 0 bridgehead atoms. The first kappa shape index (κ1) is 19.9. The van der Waals surface area contributed by atoms with Crippen molar-refractivity contribution in [1.29, 1.82) is 0 Å². The number of carbonyl (C=O) groups excluding carboxylic acids is 1. The number of fused-ring (bicyclic) bond motifs is 2. The Labute approximate surface area is 178 Å². The minimum absolute atomic E-state index is 0.120. The average Bonchev–Trinajstić information content (AvgIpc) is 2.95. The van der Waals surface area contributed by atoms with Gasteiger partial charge in [-0.25, -0.2) is 0 Å². The molecule has 2 heterocycles. The molecule has 0 aliphatic carbocycles. The maximum atomic E-state index is 13.5. The molecule has 29 heavy (non-hydrogen) atoms. The number of hydrogen-bond acceptors (Lipinski definition) is 3. The zero-order valence-electron chi connectivity index (χ0n) is 17.0. The summed E-state index contributed by atoms with van der Waals surface area (Å²) in [6, 6.07) is 11.1. The summed E-state index contributed by atoms with van der Waals surface area (Å²) >= 11 is 3.46. The highest BCUT2D eigenvalue weighted by molar-refractivity contribution is 9.10. The minimum Gasteiger partial charge on any atom is -0.450 e. The molecule has 1 aliphatic rings. The third-order valence-corrected chi connectivity index (χ3v) is 6.15. The molecular weight excluding hydrogens is 432 g/mol. The molecule has 0 spiro atoms. The number of rotatable bonds is 4. The van der Waals surface area contributed by atoms with Crippen molar-refractivity contribution in [2.24, 2.45) is 0 Å². The predicted octanol–water partition coefficient (Wildman–Crippen LogP) is 2.86. The van der Waals surface area contributed by atoms with Crippen LogP contribution in [0.3, 0.4) is 0 Å². The summed E-state index contributed by atoms with van der Waals surface area (Å²) < 4.78 is 6.99. The van der Waals surface area contributed by atoms with Crippen molar-refractivity contribution < 1.29 is 14.1 Å². The minimum atomic E-state index is -0.438.